The van der Waals surface area contributed by atoms with Gasteiger partial charge in [0.15, 0.2) is 0 Å². The fourth-order valence-corrected chi connectivity index (χ4v) is 1.45. The van der Waals surface area contributed by atoms with E-state index in [1.807, 2.05) is 18.2 Å². The maximum absolute atomic E-state index is 5.62. The van der Waals surface area contributed by atoms with Gasteiger partial charge in [-0.1, -0.05) is 43.3 Å². The second kappa shape index (κ2) is 7.50. The maximum atomic E-state index is 5.62. The molecule has 0 unspecified atom stereocenters. The molecule has 1 aromatic rings. The first-order chi connectivity index (χ1) is 7.10. The van der Waals surface area contributed by atoms with Crippen LogP contribution in [-0.4, -0.2) is 11.2 Å². The molecule has 0 aliphatic carbocycles. The highest BCUT2D eigenvalue weighted by Crippen LogP contribution is 2.17. The van der Waals surface area contributed by atoms with E-state index in [1.54, 1.807) is 0 Å². The van der Waals surface area contributed by atoms with Crippen LogP contribution in [-0.2, 0) is 4.74 Å². The summed E-state index contributed by atoms with van der Waals surface area (Å²) >= 11 is 0. The van der Waals surface area contributed by atoms with Crippen molar-refractivity contribution in [2.45, 2.75) is 67.1 Å². The van der Waals surface area contributed by atoms with Gasteiger partial charge < -0.3 is 4.74 Å². The van der Waals surface area contributed by atoms with E-state index >= 15 is 0 Å². The van der Waals surface area contributed by atoms with Crippen LogP contribution in [0.1, 0.15) is 54.5 Å². The summed E-state index contributed by atoms with van der Waals surface area (Å²) in [5, 5.41) is 0. The van der Waals surface area contributed by atoms with Crippen LogP contribution in [0.4, 0.5) is 0 Å². The highest BCUT2D eigenvalue weighted by atomic mass is 16.5. The molecule has 100 valence electrons. The van der Waals surface area contributed by atoms with Gasteiger partial charge in [-0.2, -0.15) is 0 Å². The van der Waals surface area contributed by atoms with Gasteiger partial charge in [0.25, 0.3) is 0 Å². The summed E-state index contributed by atoms with van der Waals surface area (Å²) in [5.74, 6) is 0. The monoisotopic (exact) mass is 238 g/mol. The zero-order valence-corrected chi connectivity index (χ0v) is 11.8. The number of benzene rings is 1. The fourth-order valence-electron chi connectivity index (χ4n) is 1.45. The molecule has 0 atom stereocenters. The summed E-state index contributed by atoms with van der Waals surface area (Å²) in [6.45, 7) is 14.5. The van der Waals surface area contributed by atoms with Crippen LogP contribution in [0.3, 0.4) is 0 Å². The lowest BCUT2D eigenvalue weighted by molar-refractivity contribution is -0.102. The third kappa shape index (κ3) is 15.2. The molecule has 1 nitrogen and oxygen atoms in total. The summed E-state index contributed by atoms with van der Waals surface area (Å²) in [6.07, 6.45) is 0. The molecular formula is C16H30O. The number of rotatable bonds is 0. The molecule has 0 amide bonds. The Morgan fingerprint density at radius 2 is 1.12 bits per heavy atom. The molecule has 0 N–H and O–H groups in total. The molecule has 1 heteroatoms. The Bertz CT molecular complexity index is 263. The van der Waals surface area contributed by atoms with Crippen molar-refractivity contribution in [2.24, 2.45) is 0 Å². The maximum Gasteiger partial charge on any atom is 0.0605 e. The van der Waals surface area contributed by atoms with Crippen molar-refractivity contribution in [2.75, 3.05) is 0 Å². The minimum absolute atomic E-state index is 0. The second-order valence-corrected chi connectivity index (χ2v) is 5.98. The molecular weight excluding hydrogens is 208 g/mol. The highest BCUT2D eigenvalue weighted by Gasteiger charge is 2.19. The van der Waals surface area contributed by atoms with Crippen LogP contribution in [0.25, 0.3) is 0 Å². The van der Waals surface area contributed by atoms with Gasteiger partial charge in [-0.25, -0.2) is 0 Å². The quantitative estimate of drug-likeness (QED) is 0.601. The molecule has 0 aliphatic rings. The summed E-state index contributed by atoms with van der Waals surface area (Å²) in [4.78, 5) is 0. The zero-order valence-electron chi connectivity index (χ0n) is 11.8. The molecule has 1 rings (SSSR count). The van der Waals surface area contributed by atoms with Crippen LogP contribution < -0.4 is 0 Å². The first-order valence-electron chi connectivity index (χ1n) is 5.82. The first-order valence-corrected chi connectivity index (χ1v) is 5.82. The van der Waals surface area contributed by atoms with Crippen molar-refractivity contribution < 1.29 is 4.74 Å². The van der Waals surface area contributed by atoms with Crippen LogP contribution in [0.15, 0.2) is 30.3 Å². The molecule has 0 radical (unpaired) electrons. The Morgan fingerprint density at radius 1 is 0.765 bits per heavy atom. The molecule has 0 saturated carbocycles. The van der Waals surface area contributed by atoms with Crippen molar-refractivity contribution in [3.8, 4) is 0 Å². The topological polar surface area (TPSA) is 9.23 Å². The Balaban J connectivity index is 0. The SMILES string of the molecule is C.CC(C)(C)OC(C)(C)C.Cc1ccccc1. The Kier molecular flexibility index (Phi) is 8.18. The molecule has 1 aromatic carbocycles. The molecule has 0 aromatic heterocycles. The Hall–Kier alpha value is -0.820. The third-order valence-corrected chi connectivity index (χ3v) is 1.55. The van der Waals surface area contributed by atoms with E-state index in [4.69, 9.17) is 4.74 Å². The first kappa shape index (κ1) is 18.5. The lowest BCUT2D eigenvalue weighted by atomic mass is 10.1. The van der Waals surface area contributed by atoms with E-state index in [-0.39, 0.29) is 18.6 Å². The summed E-state index contributed by atoms with van der Waals surface area (Å²) in [5.41, 5.74) is 1.29. The molecule has 0 fully saturated rings. The van der Waals surface area contributed by atoms with Gasteiger partial charge in [0, 0.05) is 0 Å². The van der Waals surface area contributed by atoms with E-state index in [9.17, 15) is 0 Å². The molecule has 0 saturated heterocycles. The van der Waals surface area contributed by atoms with Gasteiger partial charge in [0.2, 0.25) is 0 Å². The predicted molar refractivity (Wildman–Crippen MR) is 78.5 cm³/mol. The minimum atomic E-state index is -0.0156. The average molecular weight is 238 g/mol. The predicted octanol–water partition coefficient (Wildman–Crippen LogP) is 5.23. The summed E-state index contributed by atoms with van der Waals surface area (Å²) in [7, 11) is 0. The van der Waals surface area contributed by atoms with Crippen LogP contribution >= 0.6 is 0 Å². The van der Waals surface area contributed by atoms with Gasteiger partial charge in [0.1, 0.15) is 0 Å². The van der Waals surface area contributed by atoms with Gasteiger partial charge in [-0.05, 0) is 48.5 Å². The van der Waals surface area contributed by atoms with E-state index < -0.39 is 0 Å². The van der Waals surface area contributed by atoms with Gasteiger partial charge in [-0.3, -0.25) is 0 Å². The lowest BCUT2D eigenvalue weighted by Crippen LogP contribution is -2.31. The number of hydrogen-bond donors (Lipinski definition) is 0. The third-order valence-electron chi connectivity index (χ3n) is 1.55. The van der Waals surface area contributed by atoms with E-state index in [2.05, 4.69) is 60.6 Å². The van der Waals surface area contributed by atoms with Crippen LogP contribution in [0.2, 0.25) is 0 Å². The Labute approximate surface area is 108 Å². The standard InChI is InChI=1S/C8H18O.C7H8.CH4/c1-7(2,3)9-8(4,5)6;1-7-5-3-2-4-6-7;/h1-6H3;2-6H,1H3;1H4. The van der Waals surface area contributed by atoms with E-state index in [1.165, 1.54) is 5.56 Å². The van der Waals surface area contributed by atoms with Crippen LogP contribution in [0.5, 0.6) is 0 Å². The fraction of sp³-hybridized carbons (Fsp3) is 0.625. The zero-order chi connectivity index (χ0) is 12.8. The molecule has 17 heavy (non-hydrogen) atoms. The van der Waals surface area contributed by atoms with Crippen molar-refractivity contribution in [3.05, 3.63) is 35.9 Å². The van der Waals surface area contributed by atoms with Crippen molar-refractivity contribution in [1.29, 1.82) is 0 Å². The molecule has 0 heterocycles. The normalized spacial score (nSPS) is 11.0. The average Bonchev–Trinajstić information content (AvgIpc) is 1.99. The van der Waals surface area contributed by atoms with Crippen molar-refractivity contribution in [3.63, 3.8) is 0 Å². The second-order valence-electron chi connectivity index (χ2n) is 5.98. The number of hydrogen-bond acceptors (Lipinski definition) is 1. The molecule has 0 spiro atoms. The molecule has 0 aliphatic heterocycles. The van der Waals surface area contributed by atoms with E-state index in [0.29, 0.717) is 0 Å². The number of aryl methyl sites for hydroxylation is 1. The lowest BCUT2D eigenvalue weighted by Gasteiger charge is -2.30. The van der Waals surface area contributed by atoms with Gasteiger partial charge in [0.05, 0.1) is 11.2 Å². The van der Waals surface area contributed by atoms with Gasteiger partial charge in [-0.15, -0.1) is 0 Å². The summed E-state index contributed by atoms with van der Waals surface area (Å²) < 4.78 is 5.62. The summed E-state index contributed by atoms with van der Waals surface area (Å²) in [6, 6.07) is 10.3. The van der Waals surface area contributed by atoms with Gasteiger partial charge >= 0.3 is 0 Å². The largest absolute Gasteiger partial charge is 0.370 e. The Morgan fingerprint density at radius 3 is 1.24 bits per heavy atom. The van der Waals surface area contributed by atoms with Crippen molar-refractivity contribution >= 4 is 0 Å². The smallest absolute Gasteiger partial charge is 0.0605 e. The van der Waals surface area contributed by atoms with E-state index in [0.717, 1.165) is 0 Å². The highest BCUT2D eigenvalue weighted by molar-refractivity contribution is 5.11. The van der Waals surface area contributed by atoms with Crippen molar-refractivity contribution in [1.82, 2.24) is 0 Å². The molecule has 0 bridgehead atoms. The number of ether oxygens (including phenoxy) is 1. The minimum Gasteiger partial charge on any atom is -0.370 e. The van der Waals surface area contributed by atoms with Crippen LogP contribution in [0, 0.1) is 6.92 Å².